The number of hydrogen-bond donors (Lipinski definition) is 3. The van der Waals surface area contributed by atoms with E-state index in [-0.39, 0.29) is 11.3 Å². The van der Waals surface area contributed by atoms with Crippen LogP contribution in [0.25, 0.3) is 0 Å². The number of amides is 2. The van der Waals surface area contributed by atoms with E-state index in [0.717, 1.165) is 18.6 Å². The zero-order chi connectivity index (χ0) is 17.0. The molecule has 1 aromatic carbocycles. The number of urea groups is 1. The average molecular weight is 353 g/mol. The molecule has 2 unspecified atom stereocenters. The monoisotopic (exact) mass is 352 g/mol. The first-order valence-corrected chi connectivity index (χ1v) is 7.21. The van der Waals surface area contributed by atoms with E-state index in [4.69, 9.17) is 11.6 Å². The van der Waals surface area contributed by atoms with Crippen LogP contribution < -0.4 is 20.7 Å². The average Bonchev–Trinajstić information content (AvgIpc) is 2.44. The quantitative estimate of drug-likeness (QED) is 0.577. The van der Waals surface area contributed by atoms with E-state index < -0.39 is 18.7 Å². The molecule has 0 aliphatic carbocycles. The number of benzene rings is 1. The van der Waals surface area contributed by atoms with E-state index in [9.17, 15) is 18.0 Å². The maximum absolute atomic E-state index is 12.1. The van der Waals surface area contributed by atoms with E-state index in [1.54, 1.807) is 11.9 Å². The fourth-order valence-corrected chi connectivity index (χ4v) is 2.25. The van der Waals surface area contributed by atoms with Gasteiger partial charge in [0.1, 0.15) is 12.0 Å². The topological polar surface area (TPSA) is 65.6 Å². The molecule has 2 amide bonds. The van der Waals surface area contributed by atoms with Crippen LogP contribution in [0.1, 0.15) is 6.42 Å². The molecule has 0 spiro atoms. The smallest absolute Gasteiger partial charge is 0.406 e. The van der Waals surface area contributed by atoms with Gasteiger partial charge in [0.25, 0.3) is 0 Å². The lowest BCUT2D eigenvalue weighted by Crippen LogP contribution is -2.61. The summed E-state index contributed by atoms with van der Waals surface area (Å²) >= 11 is 6.08. The lowest BCUT2D eigenvalue weighted by molar-refractivity contribution is -0.274. The van der Waals surface area contributed by atoms with Crippen molar-refractivity contribution in [3.8, 4) is 5.75 Å². The highest BCUT2D eigenvalue weighted by molar-refractivity contribution is 6.20. The molecular weight excluding hydrogens is 337 g/mol. The van der Waals surface area contributed by atoms with Gasteiger partial charge in [0.05, 0.1) is 5.50 Å². The van der Waals surface area contributed by atoms with Crippen molar-refractivity contribution in [2.24, 2.45) is 0 Å². The molecule has 0 radical (unpaired) electrons. The van der Waals surface area contributed by atoms with E-state index in [1.807, 2.05) is 0 Å². The summed E-state index contributed by atoms with van der Waals surface area (Å²) in [6.07, 6.45) is -4.43. The van der Waals surface area contributed by atoms with Crippen molar-refractivity contribution in [2.45, 2.75) is 24.6 Å². The summed E-state index contributed by atoms with van der Waals surface area (Å²) in [4.78, 5) is 13.7. The molecule has 3 N–H and O–H groups in total. The molecule has 1 heterocycles. The van der Waals surface area contributed by atoms with Crippen LogP contribution in [0.15, 0.2) is 24.3 Å². The minimum atomic E-state index is -4.75. The minimum absolute atomic E-state index is 0.194. The molecule has 1 fully saturated rings. The minimum Gasteiger partial charge on any atom is -0.406 e. The number of nitrogens with one attached hydrogen (secondary N) is 3. The Morgan fingerprint density at radius 2 is 2.04 bits per heavy atom. The standard InChI is InChI=1S/C13H16ClF3N4O2/c1-21-10(14)6-7-18-11(21)20-12(22)19-8-2-4-9(5-3-8)23-13(15,16)17/h2-5,10-11,18H,6-7H2,1H3,(H2,19,20,22). The third-order valence-corrected chi connectivity index (χ3v) is 3.71. The molecule has 10 heteroatoms. The van der Waals surface area contributed by atoms with Gasteiger partial charge in [0.2, 0.25) is 0 Å². The zero-order valence-electron chi connectivity index (χ0n) is 12.2. The molecule has 1 aliphatic rings. The second kappa shape index (κ2) is 7.24. The second-order valence-corrected chi connectivity index (χ2v) is 5.42. The highest BCUT2D eigenvalue weighted by Gasteiger charge is 2.31. The van der Waals surface area contributed by atoms with Crippen molar-refractivity contribution in [3.63, 3.8) is 0 Å². The summed E-state index contributed by atoms with van der Waals surface area (Å²) < 4.78 is 39.9. The normalized spacial score (nSPS) is 22.5. The van der Waals surface area contributed by atoms with Gasteiger partial charge in [0, 0.05) is 12.2 Å². The van der Waals surface area contributed by atoms with Gasteiger partial charge in [0.15, 0.2) is 0 Å². The van der Waals surface area contributed by atoms with E-state index in [2.05, 4.69) is 20.7 Å². The first-order valence-electron chi connectivity index (χ1n) is 6.77. The van der Waals surface area contributed by atoms with Crippen molar-refractivity contribution >= 4 is 23.3 Å². The molecule has 128 valence electrons. The van der Waals surface area contributed by atoms with Gasteiger partial charge in [-0.25, -0.2) is 4.79 Å². The Hall–Kier alpha value is -1.71. The van der Waals surface area contributed by atoms with Gasteiger partial charge < -0.3 is 15.4 Å². The first-order chi connectivity index (χ1) is 10.7. The predicted molar refractivity (Wildman–Crippen MR) is 79.1 cm³/mol. The molecule has 2 rings (SSSR count). The van der Waals surface area contributed by atoms with E-state index in [0.29, 0.717) is 12.2 Å². The van der Waals surface area contributed by atoms with Crippen molar-refractivity contribution in [2.75, 3.05) is 18.9 Å². The lowest BCUT2D eigenvalue weighted by Gasteiger charge is -2.37. The molecule has 23 heavy (non-hydrogen) atoms. The third-order valence-electron chi connectivity index (χ3n) is 3.18. The summed E-state index contributed by atoms with van der Waals surface area (Å²) in [5.41, 5.74) is 0.137. The Labute approximate surface area is 135 Å². The van der Waals surface area contributed by atoms with Crippen LogP contribution in [-0.4, -0.2) is 42.7 Å². The molecule has 1 aromatic rings. The van der Waals surface area contributed by atoms with Gasteiger partial charge >= 0.3 is 12.4 Å². The fourth-order valence-electron chi connectivity index (χ4n) is 2.03. The molecule has 0 bridgehead atoms. The highest BCUT2D eigenvalue weighted by atomic mass is 35.5. The summed E-state index contributed by atoms with van der Waals surface area (Å²) in [6, 6.07) is 4.34. The van der Waals surface area contributed by atoms with Crippen LogP contribution >= 0.6 is 11.6 Å². The van der Waals surface area contributed by atoms with Gasteiger partial charge in [-0.15, -0.1) is 24.8 Å². The first kappa shape index (κ1) is 17.6. The van der Waals surface area contributed by atoms with Crippen LogP contribution in [0.2, 0.25) is 0 Å². The Kier molecular flexibility index (Phi) is 5.55. The number of ether oxygens (including phenoxy) is 1. The van der Waals surface area contributed by atoms with Crippen LogP contribution in [0, 0.1) is 0 Å². The number of carbonyl (C=O) groups excluding carboxylic acids is 1. The van der Waals surface area contributed by atoms with E-state index in [1.165, 1.54) is 12.1 Å². The molecule has 1 aliphatic heterocycles. The summed E-state index contributed by atoms with van der Waals surface area (Å²) in [5, 5.41) is 8.26. The number of nitrogens with zero attached hydrogens (tertiary/aromatic N) is 1. The predicted octanol–water partition coefficient (Wildman–Crippen LogP) is 2.48. The number of alkyl halides is 4. The van der Waals surface area contributed by atoms with Gasteiger partial charge in [-0.1, -0.05) is 0 Å². The Balaban J connectivity index is 1.87. The fraction of sp³-hybridized carbons (Fsp3) is 0.462. The van der Waals surface area contributed by atoms with E-state index >= 15 is 0 Å². The molecule has 2 atom stereocenters. The van der Waals surface area contributed by atoms with Crippen LogP contribution in [0.5, 0.6) is 5.75 Å². The molecule has 1 saturated heterocycles. The van der Waals surface area contributed by atoms with Gasteiger partial charge in [-0.2, -0.15) is 0 Å². The summed E-state index contributed by atoms with van der Waals surface area (Å²) in [6.45, 7) is 0.660. The molecule has 6 nitrogen and oxygen atoms in total. The highest BCUT2D eigenvalue weighted by Crippen LogP contribution is 2.23. The second-order valence-electron chi connectivity index (χ2n) is 4.92. The SMILES string of the molecule is CN1C(Cl)CCNC1NC(=O)Nc1ccc(OC(F)(F)F)cc1. The van der Waals surface area contributed by atoms with Crippen molar-refractivity contribution in [1.29, 1.82) is 0 Å². The largest absolute Gasteiger partial charge is 0.573 e. The maximum Gasteiger partial charge on any atom is 0.573 e. The number of hydrogen-bond acceptors (Lipinski definition) is 4. The molecule has 0 saturated carbocycles. The number of carbonyl (C=O) groups is 1. The molecule has 0 aromatic heterocycles. The zero-order valence-corrected chi connectivity index (χ0v) is 12.9. The summed E-state index contributed by atoms with van der Waals surface area (Å²) in [7, 11) is 1.76. The van der Waals surface area contributed by atoms with Crippen LogP contribution in [0.3, 0.4) is 0 Å². The van der Waals surface area contributed by atoms with Gasteiger partial charge in [-0.3, -0.25) is 10.2 Å². The Morgan fingerprint density at radius 3 is 2.65 bits per heavy atom. The number of rotatable bonds is 3. The Morgan fingerprint density at radius 1 is 1.39 bits per heavy atom. The van der Waals surface area contributed by atoms with Crippen LogP contribution in [-0.2, 0) is 0 Å². The van der Waals surface area contributed by atoms with Crippen molar-refractivity contribution < 1.29 is 22.7 Å². The maximum atomic E-state index is 12.1. The lowest BCUT2D eigenvalue weighted by atomic mass is 10.3. The summed E-state index contributed by atoms with van der Waals surface area (Å²) in [5.74, 6) is -0.359. The van der Waals surface area contributed by atoms with Crippen LogP contribution in [0.4, 0.5) is 23.7 Å². The molecular formula is C13H16ClF3N4O2. The number of halogens is 4. The number of anilines is 1. The Bertz CT molecular complexity index is 541. The van der Waals surface area contributed by atoms with Crippen molar-refractivity contribution in [3.05, 3.63) is 24.3 Å². The van der Waals surface area contributed by atoms with Gasteiger partial charge in [-0.05, 0) is 37.7 Å². The third kappa shape index (κ3) is 5.45. The van der Waals surface area contributed by atoms with Crippen molar-refractivity contribution in [1.82, 2.24) is 15.5 Å².